The third-order valence-electron chi connectivity index (χ3n) is 4.18. The van der Waals surface area contributed by atoms with Gasteiger partial charge in [-0.3, -0.25) is 0 Å². The summed E-state index contributed by atoms with van der Waals surface area (Å²) < 4.78 is 19.6. The first kappa shape index (κ1) is 16.6. The molecule has 3 heteroatoms. The van der Waals surface area contributed by atoms with Crippen LogP contribution in [0.3, 0.4) is 0 Å². The van der Waals surface area contributed by atoms with Crippen molar-refractivity contribution in [1.82, 2.24) is 4.90 Å². The fraction of sp³-hybridized carbons (Fsp3) is 0.474. The van der Waals surface area contributed by atoms with E-state index in [1.165, 1.54) is 23.8 Å². The maximum atomic E-state index is 13.8. The molecular formula is C19H26FNO. The molecule has 1 aliphatic carbocycles. The number of hydrogen-bond donors (Lipinski definition) is 0. The monoisotopic (exact) mass is 303 g/mol. The standard InChI is InChI=1S/C19H26FNO/c1-5-16(11-19(22-6-2)17-8-7-9-17)12-21-13-18(20)14(3)10-15(21)4/h10,12-13H,4-9,11H2,1-3H3/b16-12+. The number of allylic oxidation sites excluding steroid dienone is 5. The normalized spacial score (nSPS) is 18.7. The van der Waals surface area contributed by atoms with Gasteiger partial charge < -0.3 is 9.64 Å². The smallest absolute Gasteiger partial charge is 0.142 e. The van der Waals surface area contributed by atoms with E-state index in [4.69, 9.17) is 4.74 Å². The van der Waals surface area contributed by atoms with E-state index in [0.717, 1.165) is 37.1 Å². The molecule has 120 valence electrons. The Morgan fingerprint density at radius 3 is 2.68 bits per heavy atom. The molecule has 2 nitrogen and oxygen atoms in total. The van der Waals surface area contributed by atoms with Gasteiger partial charge in [-0.15, -0.1) is 0 Å². The van der Waals surface area contributed by atoms with Crippen LogP contribution in [-0.4, -0.2) is 11.5 Å². The van der Waals surface area contributed by atoms with Crippen LogP contribution in [0, 0.1) is 0 Å². The maximum Gasteiger partial charge on any atom is 0.142 e. The summed E-state index contributed by atoms with van der Waals surface area (Å²) in [4.78, 5) is 1.77. The van der Waals surface area contributed by atoms with Gasteiger partial charge in [-0.2, -0.15) is 0 Å². The molecule has 0 saturated heterocycles. The lowest BCUT2D eigenvalue weighted by atomic mass is 9.89. The van der Waals surface area contributed by atoms with Gasteiger partial charge in [0.15, 0.2) is 0 Å². The van der Waals surface area contributed by atoms with Crippen LogP contribution in [0.15, 0.2) is 59.1 Å². The predicted molar refractivity (Wildman–Crippen MR) is 89.4 cm³/mol. The molecule has 0 aromatic carbocycles. The van der Waals surface area contributed by atoms with E-state index in [1.807, 2.05) is 13.1 Å². The first-order valence-electron chi connectivity index (χ1n) is 8.11. The Balaban J connectivity index is 2.15. The Morgan fingerprint density at radius 1 is 1.41 bits per heavy atom. The summed E-state index contributed by atoms with van der Waals surface area (Å²) >= 11 is 0. The molecule has 0 atom stereocenters. The number of hydrogen-bond acceptors (Lipinski definition) is 2. The van der Waals surface area contributed by atoms with Crippen molar-refractivity contribution in [2.45, 2.75) is 52.9 Å². The highest BCUT2D eigenvalue weighted by Gasteiger charge is 2.17. The van der Waals surface area contributed by atoms with Crippen molar-refractivity contribution in [3.8, 4) is 0 Å². The largest absolute Gasteiger partial charge is 0.498 e. The highest BCUT2D eigenvalue weighted by Crippen LogP contribution is 2.33. The van der Waals surface area contributed by atoms with E-state index < -0.39 is 0 Å². The molecule has 0 aromatic heterocycles. The molecule has 22 heavy (non-hydrogen) atoms. The van der Waals surface area contributed by atoms with Gasteiger partial charge in [-0.05, 0) is 62.3 Å². The third-order valence-corrected chi connectivity index (χ3v) is 4.18. The minimum Gasteiger partial charge on any atom is -0.498 e. The first-order valence-corrected chi connectivity index (χ1v) is 8.11. The first-order chi connectivity index (χ1) is 10.5. The van der Waals surface area contributed by atoms with Crippen LogP contribution in [0.4, 0.5) is 4.39 Å². The number of halogens is 1. The Morgan fingerprint density at radius 2 is 2.14 bits per heavy atom. The van der Waals surface area contributed by atoms with Crippen LogP contribution in [0.1, 0.15) is 52.9 Å². The lowest BCUT2D eigenvalue weighted by Gasteiger charge is -2.25. The predicted octanol–water partition coefficient (Wildman–Crippen LogP) is 5.73. The number of rotatable bonds is 6. The second-order valence-corrected chi connectivity index (χ2v) is 5.83. The van der Waals surface area contributed by atoms with Gasteiger partial charge in [-0.25, -0.2) is 4.39 Å². The number of nitrogens with zero attached hydrogens (tertiary/aromatic N) is 1. The molecular weight excluding hydrogens is 277 g/mol. The van der Waals surface area contributed by atoms with Crippen LogP contribution < -0.4 is 0 Å². The van der Waals surface area contributed by atoms with E-state index in [0.29, 0.717) is 12.2 Å². The van der Waals surface area contributed by atoms with Crippen molar-refractivity contribution in [3.05, 3.63) is 59.1 Å². The Labute approximate surface area is 133 Å². The molecule has 0 radical (unpaired) electrons. The van der Waals surface area contributed by atoms with Gasteiger partial charge in [0.2, 0.25) is 0 Å². The van der Waals surface area contributed by atoms with Gasteiger partial charge in [0, 0.05) is 24.5 Å². The van der Waals surface area contributed by atoms with Gasteiger partial charge in [-0.1, -0.05) is 13.5 Å². The summed E-state index contributed by atoms with van der Waals surface area (Å²) in [5.41, 5.74) is 4.08. The second kappa shape index (κ2) is 7.48. The maximum absolute atomic E-state index is 13.8. The lowest BCUT2D eigenvalue weighted by molar-refractivity contribution is 0.212. The topological polar surface area (TPSA) is 12.5 Å². The minimum atomic E-state index is -0.207. The van der Waals surface area contributed by atoms with Crippen molar-refractivity contribution in [1.29, 1.82) is 0 Å². The Bertz CT molecular complexity index is 560. The zero-order valence-corrected chi connectivity index (χ0v) is 13.9. The van der Waals surface area contributed by atoms with Crippen LogP contribution in [0.5, 0.6) is 0 Å². The van der Waals surface area contributed by atoms with E-state index in [-0.39, 0.29) is 5.83 Å². The van der Waals surface area contributed by atoms with E-state index in [9.17, 15) is 4.39 Å². The van der Waals surface area contributed by atoms with E-state index in [2.05, 4.69) is 13.5 Å². The molecule has 0 amide bonds. The SMILES string of the molecule is C=C1C=C(C)C(F)=CN1/C=C(\CC)CC(OCC)=C1CCC1. The van der Waals surface area contributed by atoms with Crippen LogP contribution in [0.25, 0.3) is 0 Å². The molecule has 1 fully saturated rings. The molecule has 0 unspecified atom stereocenters. The van der Waals surface area contributed by atoms with Crippen molar-refractivity contribution >= 4 is 0 Å². The van der Waals surface area contributed by atoms with Crippen LogP contribution in [-0.2, 0) is 4.74 Å². The average molecular weight is 303 g/mol. The fourth-order valence-electron chi connectivity index (χ4n) is 2.57. The molecule has 2 rings (SSSR count). The summed E-state index contributed by atoms with van der Waals surface area (Å²) in [5, 5.41) is 0. The van der Waals surface area contributed by atoms with E-state index >= 15 is 0 Å². The zero-order valence-electron chi connectivity index (χ0n) is 13.9. The van der Waals surface area contributed by atoms with Crippen molar-refractivity contribution < 1.29 is 9.13 Å². The molecule has 0 N–H and O–H groups in total. The summed E-state index contributed by atoms with van der Waals surface area (Å²) in [6.45, 7) is 10.6. The van der Waals surface area contributed by atoms with Crippen molar-refractivity contribution in [2.24, 2.45) is 0 Å². The molecule has 1 heterocycles. The Hall–Kier alpha value is -1.77. The van der Waals surface area contributed by atoms with Crippen molar-refractivity contribution in [3.63, 3.8) is 0 Å². The summed E-state index contributed by atoms with van der Waals surface area (Å²) in [6, 6.07) is 0. The van der Waals surface area contributed by atoms with Crippen LogP contribution in [0.2, 0.25) is 0 Å². The molecule has 0 spiro atoms. The van der Waals surface area contributed by atoms with Gasteiger partial charge in [0.1, 0.15) is 5.83 Å². The van der Waals surface area contributed by atoms with Gasteiger partial charge in [0.25, 0.3) is 0 Å². The molecule has 0 bridgehead atoms. The third kappa shape index (κ3) is 3.90. The van der Waals surface area contributed by atoms with Gasteiger partial charge >= 0.3 is 0 Å². The zero-order chi connectivity index (χ0) is 16.1. The van der Waals surface area contributed by atoms with Crippen molar-refractivity contribution in [2.75, 3.05) is 6.61 Å². The van der Waals surface area contributed by atoms with E-state index in [1.54, 1.807) is 17.9 Å². The summed E-state index contributed by atoms with van der Waals surface area (Å²) in [7, 11) is 0. The summed E-state index contributed by atoms with van der Waals surface area (Å²) in [6.07, 6.45) is 10.5. The lowest BCUT2D eigenvalue weighted by Crippen LogP contribution is -2.13. The second-order valence-electron chi connectivity index (χ2n) is 5.83. The fourth-order valence-corrected chi connectivity index (χ4v) is 2.57. The Kier molecular flexibility index (Phi) is 5.64. The highest BCUT2D eigenvalue weighted by atomic mass is 19.1. The molecule has 1 aliphatic heterocycles. The number of ether oxygens (including phenoxy) is 1. The van der Waals surface area contributed by atoms with Gasteiger partial charge in [0.05, 0.1) is 12.4 Å². The summed E-state index contributed by atoms with van der Waals surface area (Å²) in [5.74, 6) is 0.905. The molecule has 0 aromatic rings. The average Bonchev–Trinajstić information content (AvgIpc) is 2.42. The quantitative estimate of drug-likeness (QED) is 0.581. The molecule has 2 aliphatic rings. The minimum absolute atomic E-state index is 0.207. The molecule has 1 saturated carbocycles. The van der Waals surface area contributed by atoms with Crippen LogP contribution >= 0.6 is 0 Å². The highest BCUT2D eigenvalue weighted by molar-refractivity contribution is 5.38.